The lowest BCUT2D eigenvalue weighted by Gasteiger charge is -2.12. The van der Waals surface area contributed by atoms with E-state index in [0.717, 1.165) is 39.3 Å². The van der Waals surface area contributed by atoms with Gasteiger partial charge in [-0.05, 0) is 33.4 Å². The summed E-state index contributed by atoms with van der Waals surface area (Å²) in [7, 11) is 0. The molecule has 0 rings (SSSR count). The highest BCUT2D eigenvalue weighted by atomic mass is 16.5. The molecular weight excluding hydrogens is 164 g/mol. The van der Waals surface area contributed by atoms with Crippen LogP contribution in [0, 0.1) is 0 Å². The van der Waals surface area contributed by atoms with Crippen molar-refractivity contribution in [1.82, 2.24) is 10.6 Å². The molecule has 0 aromatic rings. The molecule has 0 fully saturated rings. The Balaban J connectivity index is 2.97. The number of likely N-dealkylation sites (N-methyl/N-ethyl adjacent to an activating group) is 1. The summed E-state index contributed by atoms with van der Waals surface area (Å²) in [6.45, 7) is 11.2. The molecule has 3 heteroatoms. The van der Waals surface area contributed by atoms with E-state index in [2.05, 4.69) is 24.5 Å². The fraction of sp³-hybridized carbons (Fsp3) is 1.00. The van der Waals surface area contributed by atoms with Gasteiger partial charge < -0.3 is 15.4 Å². The highest BCUT2D eigenvalue weighted by Gasteiger charge is 1.96. The lowest BCUT2D eigenvalue weighted by atomic mass is 10.3. The average Bonchev–Trinajstić information content (AvgIpc) is 2.11. The standard InChI is InChI=1S/C10H24N2O/c1-4-12-10(3)9-11-7-6-8-13-5-2/h10-12H,4-9H2,1-3H3. The molecule has 2 N–H and O–H groups in total. The van der Waals surface area contributed by atoms with Gasteiger partial charge in [-0.3, -0.25) is 0 Å². The Morgan fingerprint density at radius 2 is 2.08 bits per heavy atom. The molecule has 0 aromatic heterocycles. The molecule has 13 heavy (non-hydrogen) atoms. The lowest BCUT2D eigenvalue weighted by molar-refractivity contribution is 0.144. The number of hydrogen-bond acceptors (Lipinski definition) is 3. The van der Waals surface area contributed by atoms with Crippen LogP contribution in [-0.4, -0.2) is 38.9 Å². The molecule has 0 radical (unpaired) electrons. The van der Waals surface area contributed by atoms with Crippen LogP contribution in [-0.2, 0) is 4.74 Å². The summed E-state index contributed by atoms with van der Waals surface area (Å²) in [6, 6.07) is 0.567. The summed E-state index contributed by atoms with van der Waals surface area (Å²) in [6.07, 6.45) is 1.10. The normalized spacial score (nSPS) is 13.2. The Hall–Kier alpha value is -0.120. The molecule has 0 saturated carbocycles. The maximum Gasteiger partial charge on any atom is 0.0477 e. The average molecular weight is 188 g/mol. The molecule has 80 valence electrons. The summed E-state index contributed by atoms with van der Waals surface area (Å²) >= 11 is 0. The molecule has 0 spiro atoms. The van der Waals surface area contributed by atoms with Crippen molar-refractivity contribution in [2.75, 3.05) is 32.8 Å². The van der Waals surface area contributed by atoms with Gasteiger partial charge in [0.1, 0.15) is 0 Å². The van der Waals surface area contributed by atoms with Gasteiger partial charge >= 0.3 is 0 Å². The van der Waals surface area contributed by atoms with Gasteiger partial charge in [0, 0.05) is 25.8 Å². The summed E-state index contributed by atoms with van der Waals surface area (Å²) in [5.74, 6) is 0. The zero-order valence-corrected chi connectivity index (χ0v) is 9.23. The first-order chi connectivity index (χ1) is 6.31. The van der Waals surface area contributed by atoms with E-state index in [0.29, 0.717) is 6.04 Å². The number of ether oxygens (including phenoxy) is 1. The molecule has 0 aliphatic carbocycles. The first-order valence-electron chi connectivity index (χ1n) is 5.33. The largest absolute Gasteiger partial charge is 0.382 e. The zero-order valence-electron chi connectivity index (χ0n) is 9.23. The smallest absolute Gasteiger partial charge is 0.0477 e. The first-order valence-corrected chi connectivity index (χ1v) is 5.33. The minimum absolute atomic E-state index is 0.567. The lowest BCUT2D eigenvalue weighted by Crippen LogP contribution is -2.36. The van der Waals surface area contributed by atoms with Crippen LogP contribution in [0.15, 0.2) is 0 Å². The Morgan fingerprint density at radius 3 is 2.69 bits per heavy atom. The van der Waals surface area contributed by atoms with Crippen molar-refractivity contribution < 1.29 is 4.74 Å². The van der Waals surface area contributed by atoms with E-state index < -0.39 is 0 Å². The van der Waals surface area contributed by atoms with Crippen LogP contribution in [0.5, 0.6) is 0 Å². The quantitative estimate of drug-likeness (QED) is 0.530. The molecular formula is C10H24N2O. The van der Waals surface area contributed by atoms with Gasteiger partial charge in [0.2, 0.25) is 0 Å². The van der Waals surface area contributed by atoms with Gasteiger partial charge in [-0.2, -0.15) is 0 Å². The van der Waals surface area contributed by atoms with Crippen LogP contribution < -0.4 is 10.6 Å². The molecule has 3 nitrogen and oxygen atoms in total. The summed E-state index contributed by atoms with van der Waals surface area (Å²) in [5.41, 5.74) is 0. The second-order valence-corrected chi connectivity index (χ2v) is 3.21. The van der Waals surface area contributed by atoms with E-state index in [4.69, 9.17) is 4.74 Å². The molecule has 0 heterocycles. The van der Waals surface area contributed by atoms with E-state index >= 15 is 0 Å². The third-order valence-electron chi connectivity index (χ3n) is 1.85. The highest BCUT2D eigenvalue weighted by molar-refractivity contribution is 4.61. The molecule has 0 saturated heterocycles. The van der Waals surface area contributed by atoms with E-state index in [-0.39, 0.29) is 0 Å². The SMILES string of the molecule is CCNC(C)CNCCCOCC. The molecule has 1 unspecified atom stereocenters. The predicted octanol–water partition coefficient (Wildman–Crippen LogP) is 1.00. The van der Waals surface area contributed by atoms with Crippen molar-refractivity contribution in [2.24, 2.45) is 0 Å². The molecule has 0 aliphatic heterocycles. The van der Waals surface area contributed by atoms with Crippen molar-refractivity contribution in [3.05, 3.63) is 0 Å². The second kappa shape index (κ2) is 9.96. The molecule has 0 bridgehead atoms. The van der Waals surface area contributed by atoms with Crippen molar-refractivity contribution in [2.45, 2.75) is 33.2 Å². The van der Waals surface area contributed by atoms with Crippen LogP contribution in [0.1, 0.15) is 27.2 Å². The van der Waals surface area contributed by atoms with Gasteiger partial charge in [0.05, 0.1) is 0 Å². The van der Waals surface area contributed by atoms with Gasteiger partial charge in [0.25, 0.3) is 0 Å². The zero-order chi connectivity index (χ0) is 9.94. The first kappa shape index (κ1) is 12.9. The summed E-state index contributed by atoms with van der Waals surface area (Å²) < 4.78 is 5.23. The minimum Gasteiger partial charge on any atom is -0.382 e. The van der Waals surface area contributed by atoms with Gasteiger partial charge in [0.15, 0.2) is 0 Å². The van der Waals surface area contributed by atoms with Crippen LogP contribution >= 0.6 is 0 Å². The fourth-order valence-corrected chi connectivity index (χ4v) is 1.18. The monoisotopic (exact) mass is 188 g/mol. The van der Waals surface area contributed by atoms with Gasteiger partial charge in [-0.15, -0.1) is 0 Å². The predicted molar refractivity (Wildman–Crippen MR) is 57.1 cm³/mol. The number of nitrogens with one attached hydrogen (secondary N) is 2. The summed E-state index contributed by atoms with van der Waals surface area (Å²) in [5, 5.41) is 6.74. The molecule has 0 amide bonds. The van der Waals surface area contributed by atoms with Crippen molar-refractivity contribution in [1.29, 1.82) is 0 Å². The minimum atomic E-state index is 0.567. The Bertz CT molecular complexity index is 98.9. The van der Waals surface area contributed by atoms with Crippen molar-refractivity contribution in [3.63, 3.8) is 0 Å². The van der Waals surface area contributed by atoms with E-state index in [1.165, 1.54) is 0 Å². The molecule has 1 atom stereocenters. The highest BCUT2D eigenvalue weighted by Crippen LogP contribution is 1.82. The van der Waals surface area contributed by atoms with E-state index in [9.17, 15) is 0 Å². The fourth-order valence-electron chi connectivity index (χ4n) is 1.18. The second-order valence-electron chi connectivity index (χ2n) is 3.21. The van der Waals surface area contributed by atoms with Crippen LogP contribution in [0.4, 0.5) is 0 Å². The Morgan fingerprint density at radius 1 is 1.31 bits per heavy atom. The van der Waals surface area contributed by atoms with Crippen LogP contribution in [0.3, 0.4) is 0 Å². The third-order valence-corrected chi connectivity index (χ3v) is 1.85. The van der Waals surface area contributed by atoms with Crippen molar-refractivity contribution >= 4 is 0 Å². The van der Waals surface area contributed by atoms with Gasteiger partial charge in [-0.25, -0.2) is 0 Å². The third kappa shape index (κ3) is 9.80. The molecule has 0 aliphatic rings. The maximum atomic E-state index is 5.23. The molecule has 0 aromatic carbocycles. The van der Waals surface area contributed by atoms with E-state index in [1.54, 1.807) is 0 Å². The maximum absolute atomic E-state index is 5.23. The van der Waals surface area contributed by atoms with Crippen LogP contribution in [0.2, 0.25) is 0 Å². The number of hydrogen-bond donors (Lipinski definition) is 2. The van der Waals surface area contributed by atoms with E-state index in [1.807, 2.05) is 6.92 Å². The summed E-state index contributed by atoms with van der Waals surface area (Å²) in [4.78, 5) is 0. The topological polar surface area (TPSA) is 33.3 Å². The van der Waals surface area contributed by atoms with Crippen molar-refractivity contribution in [3.8, 4) is 0 Å². The Labute approximate surface area is 82.2 Å². The Kier molecular flexibility index (Phi) is 9.87. The number of rotatable bonds is 9. The van der Waals surface area contributed by atoms with Crippen LogP contribution in [0.25, 0.3) is 0 Å². The van der Waals surface area contributed by atoms with Gasteiger partial charge in [-0.1, -0.05) is 6.92 Å².